The maximum absolute atomic E-state index is 11.4. The van der Waals surface area contributed by atoms with Crippen LogP contribution < -0.4 is 0 Å². The highest BCUT2D eigenvalue weighted by atomic mass is 16.4. The molecule has 0 heterocycles. The number of rotatable bonds is 2. The van der Waals surface area contributed by atoms with Gasteiger partial charge in [0.05, 0.1) is 5.92 Å². The van der Waals surface area contributed by atoms with Crippen LogP contribution in [0.4, 0.5) is 0 Å². The van der Waals surface area contributed by atoms with Gasteiger partial charge in [-0.1, -0.05) is 56.0 Å². The summed E-state index contributed by atoms with van der Waals surface area (Å²) in [5, 5.41) is 9.39. The maximum atomic E-state index is 11.4. The predicted molar refractivity (Wildman–Crippen MR) is 68.0 cm³/mol. The lowest BCUT2D eigenvalue weighted by molar-refractivity contribution is -0.143. The second-order valence-electron chi connectivity index (χ2n) is 4.95. The molecule has 1 aromatic carbocycles. The summed E-state index contributed by atoms with van der Waals surface area (Å²) in [5.74, 6) is -0.618. The highest BCUT2D eigenvalue weighted by Crippen LogP contribution is 2.35. The molecule has 0 saturated heterocycles. The molecule has 0 spiro atoms. The van der Waals surface area contributed by atoms with Crippen LogP contribution in [0.25, 0.3) is 0 Å². The van der Waals surface area contributed by atoms with Crippen molar-refractivity contribution in [2.45, 2.75) is 44.4 Å². The topological polar surface area (TPSA) is 37.3 Å². The number of carboxylic acids is 1. The van der Waals surface area contributed by atoms with Crippen molar-refractivity contribution in [3.63, 3.8) is 0 Å². The molecule has 0 amide bonds. The third kappa shape index (κ3) is 3.09. The minimum atomic E-state index is -0.624. The Balaban J connectivity index is 2.21. The van der Waals surface area contributed by atoms with Crippen molar-refractivity contribution in [2.75, 3.05) is 0 Å². The fourth-order valence-electron chi connectivity index (χ4n) is 2.88. The molecule has 1 fully saturated rings. The zero-order valence-corrected chi connectivity index (χ0v) is 10.1. The molecule has 1 aliphatic rings. The van der Waals surface area contributed by atoms with E-state index in [1.807, 2.05) is 18.2 Å². The van der Waals surface area contributed by atoms with Crippen LogP contribution in [-0.4, -0.2) is 11.1 Å². The third-order valence-corrected chi connectivity index (χ3v) is 3.81. The van der Waals surface area contributed by atoms with Gasteiger partial charge in [0.25, 0.3) is 0 Å². The third-order valence-electron chi connectivity index (χ3n) is 3.81. The second kappa shape index (κ2) is 5.85. The van der Waals surface area contributed by atoms with Crippen molar-refractivity contribution in [1.29, 1.82) is 0 Å². The van der Waals surface area contributed by atoms with Crippen LogP contribution in [0.2, 0.25) is 0 Å². The summed E-state index contributed by atoms with van der Waals surface area (Å²) < 4.78 is 0. The van der Waals surface area contributed by atoms with Crippen LogP contribution in [0, 0.1) is 5.92 Å². The Morgan fingerprint density at radius 2 is 1.65 bits per heavy atom. The van der Waals surface area contributed by atoms with E-state index in [2.05, 4.69) is 12.1 Å². The van der Waals surface area contributed by atoms with Crippen molar-refractivity contribution >= 4 is 5.97 Å². The van der Waals surface area contributed by atoms with Crippen molar-refractivity contribution in [2.24, 2.45) is 5.92 Å². The normalized spacial score (nSPS) is 25.9. The van der Waals surface area contributed by atoms with E-state index in [0.717, 1.165) is 25.7 Å². The average Bonchev–Trinajstić information content (AvgIpc) is 2.29. The molecule has 0 radical (unpaired) electrons. The molecule has 2 rings (SSSR count). The lowest BCUT2D eigenvalue weighted by Crippen LogP contribution is -2.23. The molecule has 1 saturated carbocycles. The van der Waals surface area contributed by atoms with Gasteiger partial charge in [0.2, 0.25) is 0 Å². The first-order valence-electron chi connectivity index (χ1n) is 6.57. The summed E-state index contributed by atoms with van der Waals surface area (Å²) >= 11 is 0. The zero-order chi connectivity index (χ0) is 12.1. The highest BCUT2D eigenvalue weighted by molar-refractivity contribution is 5.71. The van der Waals surface area contributed by atoms with Gasteiger partial charge < -0.3 is 5.11 Å². The fraction of sp³-hybridized carbons (Fsp3) is 0.533. The van der Waals surface area contributed by atoms with Gasteiger partial charge in [0, 0.05) is 0 Å². The van der Waals surface area contributed by atoms with E-state index < -0.39 is 5.97 Å². The zero-order valence-electron chi connectivity index (χ0n) is 10.1. The van der Waals surface area contributed by atoms with Crippen LogP contribution in [0.15, 0.2) is 30.3 Å². The molecule has 0 aliphatic heterocycles. The second-order valence-corrected chi connectivity index (χ2v) is 4.95. The van der Waals surface area contributed by atoms with Gasteiger partial charge in [0.15, 0.2) is 0 Å². The Bertz CT molecular complexity index is 358. The Labute approximate surface area is 103 Å². The van der Waals surface area contributed by atoms with E-state index in [1.165, 1.54) is 18.4 Å². The van der Waals surface area contributed by atoms with Crippen molar-refractivity contribution in [1.82, 2.24) is 0 Å². The monoisotopic (exact) mass is 232 g/mol. The van der Waals surface area contributed by atoms with Crippen LogP contribution in [0.1, 0.15) is 50.0 Å². The Kier molecular flexibility index (Phi) is 4.18. The molecule has 2 nitrogen and oxygen atoms in total. The molecule has 0 bridgehead atoms. The number of aliphatic carboxylic acids is 1. The van der Waals surface area contributed by atoms with E-state index in [-0.39, 0.29) is 11.8 Å². The number of hydrogen-bond donors (Lipinski definition) is 1. The Morgan fingerprint density at radius 1 is 1.00 bits per heavy atom. The number of benzene rings is 1. The van der Waals surface area contributed by atoms with Crippen molar-refractivity contribution in [3.8, 4) is 0 Å². The molecular weight excluding hydrogens is 212 g/mol. The Morgan fingerprint density at radius 3 is 2.29 bits per heavy atom. The first-order valence-corrected chi connectivity index (χ1v) is 6.57. The molecule has 0 unspecified atom stereocenters. The number of carbonyl (C=O) groups is 1. The number of hydrogen-bond acceptors (Lipinski definition) is 1. The first kappa shape index (κ1) is 12.2. The van der Waals surface area contributed by atoms with E-state index in [9.17, 15) is 9.90 Å². The molecule has 0 aromatic heterocycles. The molecular formula is C15H20O2. The van der Waals surface area contributed by atoms with Gasteiger partial charge in [-0.05, 0) is 24.3 Å². The largest absolute Gasteiger partial charge is 0.481 e. The average molecular weight is 232 g/mol. The predicted octanol–water partition coefficient (Wildman–Crippen LogP) is 3.83. The van der Waals surface area contributed by atoms with Gasteiger partial charge in [-0.3, -0.25) is 4.79 Å². The SMILES string of the molecule is O=C(O)[C@H]1CCCCCC[C@H]1c1ccccc1. The molecule has 17 heavy (non-hydrogen) atoms. The maximum Gasteiger partial charge on any atom is 0.307 e. The van der Waals surface area contributed by atoms with Gasteiger partial charge in [-0.15, -0.1) is 0 Å². The summed E-state index contributed by atoms with van der Waals surface area (Å²) in [7, 11) is 0. The smallest absolute Gasteiger partial charge is 0.307 e. The lowest BCUT2D eigenvalue weighted by atomic mass is 9.78. The van der Waals surface area contributed by atoms with E-state index in [1.54, 1.807) is 0 Å². The van der Waals surface area contributed by atoms with Crippen LogP contribution in [0.5, 0.6) is 0 Å². The van der Waals surface area contributed by atoms with Gasteiger partial charge in [-0.25, -0.2) is 0 Å². The molecule has 92 valence electrons. The standard InChI is InChI=1S/C15H20O2/c16-15(17)14-11-7-2-1-6-10-13(14)12-8-4-3-5-9-12/h3-5,8-9,13-14H,1-2,6-7,10-11H2,(H,16,17)/t13-,14-/m0/s1. The highest BCUT2D eigenvalue weighted by Gasteiger charge is 2.29. The van der Waals surface area contributed by atoms with Crippen molar-refractivity contribution < 1.29 is 9.90 Å². The minimum absolute atomic E-state index is 0.197. The van der Waals surface area contributed by atoms with E-state index in [4.69, 9.17) is 0 Å². The van der Waals surface area contributed by atoms with E-state index in [0.29, 0.717) is 0 Å². The Hall–Kier alpha value is -1.31. The molecule has 1 aliphatic carbocycles. The quantitative estimate of drug-likeness (QED) is 0.841. The molecule has 1 N–H and O–H groups in total. The summed E-state index contributed by atoms with van der Waals surface area (Å²) in [5.41, 5.74) is 1.20. The summed E-state index contributed by atoms with van der Waals surface area (Å²) in [6.07, 6.45) is 6.49. The van der Waals surface area contributed by atoms with Gasteiger partial charge in [0.1, 0.15) is 0 Å². The van der Waals surface area contributed by atoms with Crippen LogP contribution in [0.3, 0.4) is 0 Å². The first-order chi connectivity index (χ1) is 8.29. The summed E-state index contributed by atoms with van der Waals surface area (Å²) in [6, 6.07) is 10.1. The van der Waals surface area contributed by atoms with Gasteiger partial charge in [-0.2, -0.15) is 0 Å². The van der Waals surface area contributed by atoms with Gasteiger partial charge >= 0.3 is 5.97 Å². The molecule has 2 atom stereocenters. The van der Waals surface area contributed by atoms with Crippen LogP contribution in [-0.2, 0) is 4.79 Å². The molecule has 2 heteroatoms. The molecule has 1 aromatic rings. The van der Waals surface area contributed by atoms with Crippen LogP contribution >= 0.6 is 0 Å². The lowest BCUT2D eigenvalue weighted by Gasteiger charge is -2.26. The summed E-state index contributed by atoms with van der Waals surface area (Å²) in [4.78, 5) is 11.4. The minimum Gasteiger partial charge on any atom is -0.481 e. The fourth-order valence-corrected chi connectivity index (χ4v) is 2.88. The number of carboxylic acid groups (broad SMARTS) is 1. The van der Waals surface area contributed by atoms with E-state index >= 15 is 0 Å². The van der Waals surface area contributed by atoms with Crippen molar-refractivity contribution in [3.05, 3.63) is 35.9 Å². The summed E-state index contributed by atoms with van der Waals surface area (Å²) in [6.45, 7) is 0.